The maximum atomic E-state index is 5.87. The number of rotatable bonds is 2. The lowest BCUT2D eigenvalue weighted by atomic mass is 10.2. The molecule has 1 atom stereocenters. The van der Waals surface area contributed by atoms with Crippen molar-refractivity contribution in [3.8, 4) is 0 Å². The topological polar surface area (TPSA) is 32.3 Å². The third-order valence-electron chi connectivity index (χ3n) is 3.11. The summed E-state index contributed by atoms with van der Waals surface area (Å²) in [6.45, 7) is 8.65. The molecule has 1 aromatic heterocycles. The van der Waals surface area contributed by atoms with Crippen LogP contribution >= 0.6 is 11.6 Å². The highest BCUT2D eigenvalue weighted by molar-refractivity contribution is 6.29. The second kappa shape index (κ2) is 4.97. The van der Waals surface area contributed by atoms with Crippen molar-refractivity contribution in [1.29, 1.82) is 0 Å². The zero-order chi connectivity index (χ0) is 11.5. The fourth-order valence-electron chi connectivity index (χ4n) is 2.17. The van der Waals surface area contributed by atoms with Crippen LogP contribution < -0.4 is 4.90 Å². The van der Waals surface area contributed by atoms with Gasteiger partial charge in [-0.1, -0.05) is 18.5 Å². The van der Waals surface area contributed by atoms with Crippen molar-refractivity contribution < 1.29 is 0 Å². The summed E-state index contributed by atoms with van der Waals surface area (Å²) < 4.78 is 0. The minimum absolute atomic E-state index is 0.510. The Balaban J connectivity index is 2.07. The van der Waals surface area contributed by atoms with E-state index in [0.717, 1.165) is 32.0 Å². The van der Waals surface area contributed by atoms with Gasteiger partial charge in [0.2, 0.25) is 0 Å². The Labute approximate surface area is 101 Å². The summed E-state index contributed by atoms with van der Waals surface area (Å²) in [5.41, 5.74) is 0. The Morgan fingerprint density at radius 3 is 2.88 bits per heavy atom. The van der Waals surface area contributed by atoms with Crippen molar-refractivity contribution in [1.82, 2.24) is 14.9 Å². The molecule has 2 rings (SSSR count). The molecular formula is C11H17ClN4. The predicted molar refractivity (Wildman–Crippen MR) is 66.0 cm³/mol. The Hall–Kier alpha value is -0.870. The molecule has 16 heavy (non-hydrogen) atoms. The highest BCUT2D eigenvalue weighted by atomic mass is 35.5. The van der Waals surface area contributed by atoms with Crippen LogP contribution in [-0.4, -0.2) is 47.1 Å². The van der Waals surface area contributed by atoms with Crippen LogP contribution in [0.1, 0.15) is 13.8 Å². The molecule has 0 aromatic carbocycles. The van der Waals surface area contributed by atoms with Gasteiger partial charge >= 0.3 is 0 Å². The summed E-state index contributed by atoms with van der Waals surface area (Å²) >= 11 is 5.87. The van der Waals surface area contributed by atoms with Gasteiger partial charge in [0.25, 0.3) is 0 Å². The number of hydrogen-bond donors (Lipinski definition) is 0. The molecule has 1 saturated heterocycles. The van der Waals surface area contributed by atoms with E-state index in [-0.39, 0.29) is 0 Å². The van der Waals surface area contributed by atoms with Crippen LogP contribution in [0.15, 0.2) is 12.4 Å². The second-order valence-electron chi connectivity index (χ2n) is 4.12. The SMILES string of the molecule is CCN1CCN(c2cc(Cl)ncn2)CC1C. The van der Waals surface area contributed by atoms with Crippen LogP contribution in [0.5, 0.6) is 0 Å². The van der Waals surface area contributed by atoms with E-state index in [9.17, 15) is 0 Å². The van der Waals surface area contributed by atoms with E-state index in [2.05, 4.69) is 33.6 Å². The van der Waals surface area contributed by atoms with Crippen LogP contribution in [-0.2, 0) is 0 Å². The Bertz CT molecular complexity index is 358. The van der Waals surface area contributed by atoms with Crippen LogP contribution in [0.3, 0.4) is 0 Å². The smallest absolute Gasteiger partial charge is 0.134 e. The quantitative estimate of drug-likeness (QED) is 0.736. The van der Waals surface area contributed by atoms with Crippen molar-refractivity contribution in [3.05, 3.63) is 17.5 Å². The number of anilines is 1. The lowest BCUT2D eigenvalue weighted by Gasteiger charge is -2.39. The van der Waals surface area contributed by atoms with Crippen molar-refractivity contribution in [2.45, 2.75) is 19.9 Å². The average Bonchev–Trinajstić information content (AvgIpc) is 2.29. The summed E-state index contributed by atoms with van der Waals surface area (Å²) in [5.74, 6) is 0.933. The molecule has 0 amide bonds. The van der Waals surface area contributed by atoms with Gasteiger partial charge < -0.3 is 4.90 Å². The molecule has 1 aromatic rings. The van der Waals surface area contributed by atoms with Gasteiger partial charge in [0.1, 0.15) is 17.3 Å². The number of hydrogen-bond acceptors (Lipinski definition) is 4. The van der Waals surface area contributed by atoms with Gasteiger partial charge in [0.15, 0.2) is 0 Å². The van der Waals surface area contributed by atoms with Gasteiger partial charge in [0.05, 0.1) is 0 Å². The summed E-state index contributed by atoms with van der Waals surface area (Å²) in [5, 5.41) is 0.510. The molecule has 1 aliphatic rings. The lowest BCUT2D eigenvalue weighted by molar-refractivity contribution is 0.199. The van der Waals surface area contributed by atoms with E-state index in [1.54, 1.807) is 0 Å². The van der Waals surface area contributed by atoms with E-state index < -0.39 is 0 Å². The highest BCUT2D eigenvalue weighted by Crippen LogP contribution is 2.18. The molecule has 0 radical (unpaired) electrons. The van der Waals surface area contributed by atoms with Gasteiger partial charge in [-0.25, -0.2) is 9.97 Å². The molecule has 0 N–H and O–H groups in total. The second-order valence-corrected chi connectivity index (χ2v) is 4.51. The first-order chi connectivity index (χ1) is 7.70. The number of piperazine rings is 1. The highest BCUT2D eigenvalue weighted by Gasteiger charge is 2.23. The molecule has 1 unspecified atom stereocenters. The fourth-order valence-corrected chi connectivity index (χ4v) is 2.31. The molecule has 0 saturated carbocycles. The Morgan fingerprint density at radius 2 is 2.25 bits per heavy atom. The third-order valence-corrected chi connectivity index (χ3v) is 3.32. The number of halogens is 1. The number of aromatic nitrogens is 2. The van der Waals surface area contributed by atoms with Gasteiger partial charge in [-0.05, 0) is 13.5 Å². The van der Waals surface area contributed by atoms with Crippen molar-refractivity contribution >= 4 is 17.4 Å². The van der Waals surface area contributed by atoms with Crippen molar-refractivity contribution in [2.24, 2.45) is 0 Å². The maximum Gasteiger partial charge on any atom is 0.134 e. The van der Waals surface area contributed by atoms with Crippen LogP contribution in [0.2, 0.25) is 5.15 Å². The van der Waals surface area contributed by atoms with Crippen LogP contribution in [0.25, 0.3) is 0 Å². The fraction of sp³-hybridized carbons (Fsp3) is 0.636. The van der Waals surface area contributed by atoms with Gasteiger partial charge in [-0.2, -0.15) is 0 Å². The zero-order valence-corrected chi connectivity index (χ0v) is 10.5. The number of likely N-dealkylation sites (N-methyl/N-ethyl adjacent to an activating group) is 1. The monoisotopic (exact) mass is 240 g/mol. The zero-order valence-electron chi connectivity index (χ0n) is 9.73. The molecule has 1 fully saturated rings. The first kappa shape index (κ1) is 11.6. The molecule has 0 bridgehead atoms. The summed E-state index contributed by atoms with van der Waals surface area (Å²) in [6, 6.07) is 2.39. The van der Waals surface area contributed by atoms with E-state index in [1.165, 1.54) is 6.33 Å². The van der Waals surface area contributed by atoms with Crippen LogP contribution in [0.4, 0.5) is 5.82 Å². The molecule has 2 heterocycles. The van der Waals surface area contributed by atoms with Gasteiger partial charge in [-0.15, -0.1) is 0 Å². The standard InChI is InChI=1S/C11H17ClN4/c1-3-15-4-5-16(7-9(15)2)11-6-10(12)13-8-14-11/h6,8-9H,3-5,7H2,1-2H3. The third kappa shape index (κ3) is 2.44. The average molecular weight is 241 g/mol. The summed E-state index contributed by atoms with van der Waals surface area (Å²) in [7, 11) is 0. The van der Waals surface area contributed by atoms with E-state index in [4.69, 9.17) is 11.6 Å². The minimum atomic E-state index is 0.510. The van der Waals surface area contributed by atoms with Gasteiger partial charge in [0, 0.05) is 31.7 Å². The molecule has 5 heteroatoms. The largest absolute Gasteiger partial charge is 0.354 e. The number of nitrogens with zero attached hydrogens (tertiary/aromatic N) is 4. The minimum Gasteiger partial charge on any atom is -0.354 e. The molecule has 4 nitrogen and oxygen atoms in total. The lowest BCUT2D eigenvalue weighted by Crippen LogP contribution is -2.52. The molecule has 88 valence electrons. The van der Waals surface area contributed by atoms with Gasteiger partial charge in [-0.3, -0.25) is 4.90 Å². The molecule has 1 aliphatic heterocycles. The summed E-state index contributed by atoms with van der Waals surface area (Å²) in [6.07, 6.45) is 1.52. The molecule has 0 spiro atoms. The van der Waals surface area contributed by atoms with Crippen molar-refractivity contribution in [2.75, 3.05) is 31.1 Å². The maximum absolute atomic E-state index is 5.87. The van der Waals surface area contributed by atoms with E-state index in [1.807, 2.05) is 6.07 Å². The van der Waals surface area contributed by atoms with Crippen molar-refractivity contribution in [3.63, 3.8) is 0 Å². The molecule has 0 aliphatic carbocycles. The van der Waals surface area contributed by atoms with E-state index in [0.29, 0.717) is 11.2 Å². The Morgan fingerprint density at radius 1 is 1.44 bits per heavy atom. The first-order valence-corrected chi connectivity index (χ1v) is 6.05. The van der Waals surface area contributed by atoms with Crippen LogP contribution in [0, 0.1) is 0 Å². The molecular weight excluding hydrogens is 224 g/mol. The predicted octanol–water partition coefficient (Wildman–Crippen LogP) is 1.66. The summed E-state index contributed by atoms with van der Waals surface area (Å²) in [4.78, 5) is 12.9. The normalized spacial score (nSPS) is 22.4. The Kier molecular flexibility index (Phi) is 3.61. The first-order valence-electron chi connectivity index (χ1n) is 5.67. The van der Waals surface area contributed by atoms with E-state index >= 15 is 0 Å².